The summed E-state index contributed by atoms with van der Waals surface area (Å²) in [5, 5.41) is 3.86. The standard InChI is InChI=1S/C14H24N2O3S/c1-7-16(9-11(2)3)20(17,18)10-12-8-13(19-15-12)14(4,5)6/h8H,2,7,9-10H2,1,3-6H3. The molecule has 6 heteroatoms. The fourth-order valence-corrected chi connectivity index (χ4v) is 3.22. The first kappa shape index (κ1) is 16.9. The normalized spacial score (nSPS) is 12.9. The van der Waals surface area contributed by atoms with Crippen molar-refractivity contribution in [3.63, 3.8) is 0 Å². The van der Waals surface area contributed by atoms with Crippen LogP contribution in [0.2, 0.25) is 0 Å². The average Bonchev–Trinajstić information content (AvgIpc) is 2.72. The maximum atomic E-state index is 12.3. The molecule has 0 atom stereocenters. The molecule has 114 valence electrons. The lowest BCUT2D eigenvalue weighted by Gasteiger charge is -2.19. The molecule has 1 aromatic heterocycles. The Morgan fingerprint density at radius 3 is 2.45 bits per heavy atom. The van der Waals surface area contributed by atoms with Gasteiger partial charge in [0.25, 0.3) is 0 Å². The van der Waals surface area contributed by atoms with Crippen molar-refractivity contribution >= 4 is 10.0 Å². The van der Waals surface area contributed by atoms with E-state index >= 15 is 0 Å². The quantitative estimate of drug-likeness (QED) is 0.758. The van der Waals surface area contributed by atoms with E-state index in [2.05, 4.69) is 11.7 Å². The van der Waals surface area contributed by atoms with Gasteiger partial charge in [0.05, 0.1) is 0 Å². The Hall–Kier alpha value is -1.14. The van der Waals surface area contributed by atoms with Crippen LogP contribution in [0, 0.1) is 0 Å². The van der Waals surface area contributed by atoms with Crippen molar-refractivity contribution < 1.29 is 12.9 Å². The number of likely N-dealkylation sites (N-methyl/N-ethyl adjacent to an activating group) is 1. The molecule has 0 saturated carbocycles. The first-order valence-corrected chi connectivity index (χ1v) is 8.25. The summed E-state index contributed by atoms with van der Waals surface area (Å²) in [5.74, 6) is 0.541. The molecule has 1 rings (SSSR count). The highest BCUT2D eigenvalue weighted by atomic mass is 32.2. The van der Waals surface area contributed by atoms with Gasteiger partial charge >= 0.3 is 0 Å². The molecular formula is C14H24N2O3S. The third kappa shape index (κ3) is 4.45. The van der Waals surface area contributed by atoms with Crippen LogP contribution in [0.3, 0.4) is 0 Å². The van der Waals surface area contributed by atoms with Crippen LogP contribution >= 0.6 is 0 Å². The molecule has 0 aliphatic rings. The summed E-state index contributed by atoms with van der Waals surface area (Å²) in [6, 6.07) is 1.71. The topological polar surface area (TPSA) is 63.4 Å². The molecular weight excluding hydrogens is 276 g/mol. The molecule has 0 unspecified atom stereocenters. The lowest BCUT2D eigenvalue weighted by molar-refractivity contribution is 0.326. The first-order chi connectivity index (χ1) is 9.06. The van der Waals surface area contributed by atoms with Crippen LogP contribution in [0.1, 0.15) is 46.1 Å². The van der Waals surface area contributed by atoms with Crippen LogP contribution < -0.4 is 0 Å². The maximum absolute atomic E-state index is 12.3. The highest BCUT2D eigenvalue weighted by Gasteiger charge is 2.25. The Labute approximate surface area is 121 Å². The minimum atomic E-state index is -3.40. The van der Waals surface area contributed by atoms with Gasteiger partial charge in [-0.15, -0.1) is 0 Å². The smallest absolute Gasteiger partial charge is 0.220 e. The molecule has 0 saturated heterocycles. The molecule has 1 aromatic rings. The lowest BCUT2D eigenvalue weighted by Crippen LogP contribution is -2.33. The molecule has 0 N–H and O–H groups in total. The maximum Gasteiger partial charge on any atom is 0.220 e. The Kier molecular flexibility index (Phi) is 5.15. The second-order valence-electron chi connectivity index (χ2n) is 6.07. The van der Waals surface area contributed by atoms with E-state index in [0.29, 0.717) is 24.5 Å². The summed E-state index contributed by atoms with van der Waals surface area (Å²) in [6.45, 7) is 14.1. The van der Waals surface area contributed by atoms with Crippen LogP contribution in [-0.2, 0) is 21.2 Å². The Morgan fingerprint density at radius 1 is 1.45 bits per heavy atom. The Bertz CT molecular complexity index is 567. The van der Waals surface area contributed by atoms with Crippen LogP contribution in [0.5, 0.6) is 0 Å². The highest BCUT2D eigenvalue weighted by molar-refractivity contribution is 7.88. The van der Waals surface area contributed by atoms with Gasteiger partial charge in [-0.2, -0.15) is 4.31 Å². The van der Waals surface area contributed by atoms with Gasteiger partial charge in [0.15, 0.2) is 0 Å². The lowest BCUT2D eigenvalue weighted by atomic mass is 9.93. The molecule has 0 spiro atoms. The van der Waals surface area contributed by atoms with Crippen molar-refractivity contribution in [2.75, 3.05) is 13.1 Å². The molecule has 1 heterocycles. The third-order valence-electron chi connectivity index (χ3n) is 2.82. The van der Waals surface area contributed by atoms with Gasteiger partial charge in [0.2, 0.25) is 10.0 Å². The van der Waals surface area contributed by atoms with Crippen molar-refractivity contribution in [3.05, 3.63) is 29.7 Å². The number of nitrogens with zero attached hydrogens (tertiary/aromatic N) is 2. The SMILES string of the molecule is C=C(C)CN(CC)S(=O)(=O)Cc1cc(C(C)(C)C)on1. The minimum absolute atomic E-state index is 0.145. The van der Waals surface area contributed by atoms with E-state index in [4.69, 9.17) is 4.52 Å². The molecule has 0 amide bonds. The molecule has 20 heavy (non-hydrogen) atoms. The van der Waals surface area contributed by atoms with Crippen molar-refractivity contribution in [1.29, 1.82) is 0 Å². The van der Waals surface area contributed by atoms with Crippen molar-refractivity contribution in [1.82, 2.24) is 9.46 Å². The summed E-state index contributed by atoms with van der Waals surface area (Å²) in [6.07, 6.45) is 0. The Morgan fingerprint density at radius 2 is 2.05 bits per heavy atom. The zero-order valence-corrected chi connectivity index (χ0v) is 13.7. The van der Waals surface area contributed by atoms with Crippen molar-refractivity contribution in [3.8, 4) is 0 Å². The van der Waals surface area contributed by atoms with Gasteiger partial charge in [-0.05, 0) is 6.92 Å². The number of sulfonamides is 1. The van der Waals surface area contributed by atoms with Gasteiger partial charge in [-0.25, -0.2) is 8.42 Å². The molecule has 0 bridgehead atoms. The van der Waals surface area contributed by atoms with Crippen LogP contribution in [0.15, 0.2) is 22.7 Å². The average molecular weight is 300 g/mol. The molecule has 0 aliphatic carbocycles. The van der Waals surface area contributed by atoms with Crippen LogP contribution in [-0.4, -0.2) is 31.0 Å². The van der Waals surface area contributed by atoms with Gasteiger partial charge < -0.3 is 4.52 Å². The number of hydrogen-bond donors (Lipinski definition) is 0. The van der Waals surface area contributed by atoms with Crippen LogP contribution in [0.25, 0.3) is 0 Å². The van der Waals surface area contributed by atoms with E-state index in [-0.39, 0.29) is 11.2 Å². The molecule has 0 fully saturated rings. The molecule has 0 aromatic carbocycles. The number of hydrogen-bond acceptors (Lipinski definition) is 4. The second-order valence-corrected chi connectivity index (χ2v) is 8.04. The fourth-order valence-electron chi connectivity index (χ4n) is 1.72. The number of aromatic nitrogens is 1. The second kappa shape index (κ2) is 6.10. The van der Waals surface area contributed by atoms with E-state index < -0.39 is 10.0 Å². The number of rotatable bonds is 6. The summed E-state index contributed by atoms with van der Waals surface area (Å²) in [4.78, 5) is 0. The predicted octanol–water partition coefficient (Wildman–Crippen LogP) is 2.70. The van der Waals surface area contributed by atoms with Crippen LogP contribution in [0.4, 0.5) is 0 Å². The highest BCUT2D eigenvalue weighted by Crippen LogP contribution is 2.23. The summed E-state index contributed by atoms with van der Waals surface area (Å²) in [5.41, 5.74) is 1.07. The predicted molar refractivity (Wildman–Crippen MR) is 79.9 cm³/mol. The van der Waals surface area contributed by atoms with E-state index in [1.807, 2.05) is 34.6 Å². The van der Waals surface area contributed by atoms with Crippen molar-refractivity contribution in [2.45, 2.75) is 45.8 Å². The van der Waals surface area contributed by atoms with Gasteiger partial charge in [0, 0.05) is 24.6 Å². The van der Waals surface area contributed by atoms with E-state index in [0.717, 1.165) is 5.57 Å². The summed E-state index contributed by atoms with van der Waals surface area (Å²) in [7, 11) is -3.40. The summed E-state index contributed by atoms with van der Waals surface area (Å²) < 4.78 is 31.3. The zero-order chi connectivity index (χ0) is 15.6. The van der Waals surface area contributed by atoms with Crippen molar-refractivity contribution in [2.24, 2.45) is 0 Å². The molecule has 5 nitrogen and oxygen atoms in total. The molecule has 0 aliphatic heterocycles. The fraction of sp³-hybridized carbons (Fsp3) is 0.643. The largest absolute Gasteiger partial charge is 0.361 e. The zero-order valence-electron chi connectivity index (χ0n) is 12.9. The Balaban J connectivity index is 2.90. The van der Waals surface area contributed by atoms with Gasteiger partial charge in [0.1, 0.15) is 17.2 Å². The van der Waals surface area contributed by atoms with Gasteiger partial charge in [-0.3, -0.25) is 0 Å². The monoisotopic (exact) mass is 300 g/mol. The minimum Gasteiger partial charge on any atom is -0.361 e. The first-order valence-electron chi connectivity index (χ1n) is 6.64. The molecule has 0 radical (unpaired) electrons. The van der Waals surface area contributed by atoms with Gasteiger partial charge in [-0.1, -0.05) is 45.0 Å². The van der Waals surface area contributed by atoms with E-state index in [1.54, 1.807) is 6.07 Å². The third-order valence-corrected chi connectivity index (χ3v) is 4.66. The summed E-state index contributed by atoms with van der Waals surface area (Å²) >= 11 is 0. The van der Waals surface area contributed by atoms with E-state index in [9.17, 15) is 8.42 Å². The van der Waals surface area contributed by atoms with E-state index in [1.165, 1.54) is 4.31 Å².